The van der Waals surface area contributed by atoms with Gasteiger partial charge in [-0.05, 0) is 25.0 Å². The van der Waals surface area contributed by atoms with Crippen LogP contribution in [-0.4, -0.2) is 38.8 Å². The standard InChI is InChI=1S/C17H17Cl2FN6O/c1-26-15-13(7-21-16(25-15)22-10-3-2-4-27-8-10)23-17(26)24-14-11(18)5-9(20)6-12(14)19/h5-7,10H,2-4,8H2,1H3,(H,23,24)(H,21,22,25)/t10-/m0/s1. The summed E-state index contributed by atoms with van der Waals surface area (Å²) in [6.07, 6.45) is 3.67. The zero-order valence-electron chi connectivity index (χ0n) is 14.5. The fourth-order valence-electron chi connectivity index (χ4n) is 2.97. The summed E-state index contributed by atoms with van der Waals surface area (Å²) in [5.41, 5.74) is 1.63. The third kappa shape index (κ3) is 3.78. The monoisotopic (exact) mass is 410 g/mol. The molecule has 142 valence electrons. The molecule has 0 radical (unpaired) electrons. The van der Waals surface area contributed by atoms with Crippen molar-refractivity contribution in [2.24, 2.45) is 7.05 Å². The lowest BCUT2D eigenvalue weighted by Crippen LogP contribution is -2.30. The van der Waals surface area contributed by atoms with Gasteiger partial charge >= 0.3 is 0 Å². The van der Waals surface area contributed by atoms with Crippen molar-refractivity contribution < 1.29 is 9.13 Å². The molecule has 1 saturated heterocycles. The Kier molecular flexibility index (Phi) is 5.03. The first-order valence-electron chi connectivity index (χ1n) is 8.46. The summed E-state index contributed by atoms with van der Waals surface area (Å²) in [5.74, 6) is 0.479. The van der Waals surface area contributed by atoms with Crippen molar-refractivity contribution in [3.8, 4) is 0 Å². The number of rotatable bonds is 4. The predicted octanol–water partition coefficient (Wildman–Crippen LogP) is 4.14. The van der Waals surface area contributed by atoms with Crippen LogP contribution in [0.15, 0.2) is 18.3 Å². The number of aromatic nitrogens is 4. The molecule has 0 spiro atoms. The van der Waals surface area contributed by atoms with Gasteiger partial charge in [0.25, 0.3) is 0 Å². The molecule has 7 nitrogen and oxygen atoms in total. The summed E-state index contributed by atoms with van der Waals surface area (Å²) in [7, 11) is 1.81. The van der Waals surface area contributed by atoms with E-state index in [1.54, 1.807) is 10.8 Å². The van der Waals surface area contributed by atoms with Crippen LogP contribution in [0.2, 0.25) is 10.0 Å². The minimum Gasteiger partial charge on any atom is -0.379 e. The maximum atomic E-state index is 13.4. The highest BCUT2D eigenvalue weighted by Crippen LogP contribution is 2.34. The molecule has 1 atom stereocenters. The molecule has 0 aliphatic carbocycles. The van der Waals surface area contributed by atoms with Crippen molar-refractivity contribution in [3.63, 3.8) is 0 Å². The zero-order valence-corrected chi connectivity index (χ0v) is 16.0. The van der Waals surface area contributed by atoms with E-state index in [9.17, 15) is 4.39 Å². The van der Waals surface area contributed by atoms with Crippen molar-refractivity contribution in [2.75, 3.05) is 23.8 Å². The smallest absolute Gasteiger partial charge is 0.225 e. The quantitative estimate of drug-likeness (QED) is 0.672. The van der Waals surface area contributed by atoms with E-state index < -0.39 is 5.82 Å². The lowest BCUT2D eigenvalue weighted by molar-refractivity contribution is 0.0874. The van der Waals surface area contributed by atoms with E-state index in [0.29, 0.717) is 35.4 Å². The van der Waals surface area contributed by atoms with Gasteiger partial charge in [-0.2, -0.15) is 4.98 Å². The van der Waals surface area contributed by atoms with E-state index in [-0.39, 0.29) is 16.1 Å². The molecular formula is C17H17Cl2FN6O. The number of nitrogens with one attached hydrogen (secondary N) is 2. The molecule has 1 fully saturated rings. The van der Waals surface area contributed by atoms with Crippen LogP contribution in [0.1, 0.15) is 12.8 Å². The van der Waals surface area contributed by atoms with E-state index in [1.165, 1.54) is 12.1 Å². The molecule has 1 aliphatic rings. The van der Waals surface area contributed by atoms with E-state index in [1.807, 2.05) is 7.05 Å². The molecule has 3 aromatic rings. The number of ether oxygens (including phenoxy) is 1. The second kappa shape index (κ2) is 7.46. The highest BCUT2D eigenvalue weighted by atomic mass is 35.5. The molecular weight excluding hydrogens is 394 g/mol. The predicted molar refractivity (Wildman–Crippen MR) is 103 cm³/mol. The van der Waals surface area contributed by atoms with Crippen LogP contribution in [0, 0.1) is 5.82 Å². The van der Waals surface area contributed by atoms with E-state index in [2.05, 4.69) is 25.6 Å². The van der Waals surface area contributed by atoms with E-state index in [0.717, 1.165) is 19.4 Å². The van der Waals surface area contributed by atoms with Crippen molar-refractivity contribution >= 4 is 51.9 Å². The minimum atomic E-state index is -0.506. The number of hydrogen-bond acceptors (Lipinski definition) is 6. The Balaban J connectivity index is 1.62. The van der Waals surface area contributed by atoms with Crippen LogP contribution < -0.4 is 10.6 Å². The van der Waals surface area contributed by atoms with Crippen molar-refractivity contribution in [2.45, 2.75) is 18.9 Å². The molecule has 0 saturated carbocycles. The van der Waals surface area contributed by atoms with Gasteiger partial charge in [0, 0.05) is 13.7 Å². The molecule has 4 rings (SSSR count). The molecule has 10 heteroatoms. The number of halogens is 3. The second-order valence-electron chi connectivity index (χ2n) is 6.32. The van der Waals surface area contributed by atoms with Gasteiger partial charge in [-0.3, -0.25) is 4.57 Å². The molecule has 0 unspecified atom stereocenters. The first-order chi connectivity index (χ1) is 13.0. The van der Waals surface area contributed by atoms with Crippen LogP contribution in [0.25, 0.3) is 11.2 Å². The second-order valence-corrected chi connectivity index (χ2v) is 7.14. The lowest BCUT2D eigenvalue weighted by atomic mass is 10.1. The van der Waals surface area contributed by atoms with Gasteiger partial charge in [0.15, 0.2) is 5.65 Å². The van der Waals surface area contributed by atoms with Gasteiger partial charge in [0.1, 0.15) is 11.3 Å². The summed E-state index contributed by atoms with van der Waals surface area (Å²) >= 11 is 12.2. The fourth-order valence-corrected chi connectivity index (χ4v) is 3.53. The summed E-state index contributed by atoms with van der Waals surface area (Å²) in [6, 6.07) is 2.57. The van der Waals surface area contributed by atoms with Crippen LogP contribution in [0.5, 0.6) is 0 Å². The number of fused-ring (bicyclic) bond motifs is 1. The number of benzene rings is 1. The Hall–Kier alpha value is -2.16. The Bertz CT molecular complexity index is 966. The van der Waals surface area contributed by atoms with E-state index in [4.69, 9.17) is 27.9 Å². The molecule has 0 bridgehead atoms. The Morgan fingerprint density at radius 1 is 1.26 bits per heavy atom. The van der Waals surface area contributed by atoms with Crippen molar-refractivity contribution in [1.82, 2.24) is 19.5 Å². The number of imidazole rings is 1. The van der Waals surface area contributed by atoms with Crippen molar-refractivity contribution in [1.29, 1.82) is 0 Å². The van der Waals surface area contributed by atoms with Gasteiger partial charge in [0.2, 0.25) is 11.9 Å². The number of aryl methyl sites for hydroxylation is 1. The van der Waals surface area contributed by atoms with Gasteiger partial charge < -0.3 is 15.4 Å². The average Bonchev–Trinajstić information content (AvgIpc) is 2.95. The summed E-state index contributed by atoms with van der Waals surface area (Å²) in [4.78, 5) is 13.3. The minimum absolute atomic E-state index is 0.165. The summed E-state index contributed by atoms with van der Waals surface area (Å²) < 4.78 is 20.6. The van der Waals surface area contributed by atoms with Crippen LogP contribution in [-0.2, 0) is 11.8 Å². The maximum Gasteiger partial charge on any atom is 0.225 e. The first-order valence-corrected chi connectivity index (χ1v) is 9.22. The molecule has 1 aliphatic heterocycles. The highest BCUT2D eigenvalue weighted by Gasteiger charge is 2.17. The highest BCUT2D eigenvalue weighted by molar-refractivity contribution is 6.39. The van der Waals surface area contributed by atoms with Crippen molar-refractivity contribution in [3.05, 3.63) is 34.2 Å². The van der Waals surface area contributed by atoms with Gasteiger partial charge in [-0.1, -0.05) is 23.2 Å². The van der Waals surface area contributed by atoms with Crippen LogP contribution in [0.4, 0.5) is 22.0 Å². The Morgan fingerprint density at radius 3 is 2.74 bits per heavy atom. The van der Waals surface area contributed by atoms with Gasteiger partial charge in [-0.25, -0.2) is 14.4 Å². The zero-order chi connectivity index (χ0) is 19.0. The SMILES string of the molecule is Cn1c(Nc2c(Cl)cc(F)cc2Cl)nc2cnc(N[C@H]3CCCOC3)nc21. The lowest BCUT2D eigenvalue weighted by Gasteiger charge is -2.22. The fraction of sp³-hybridized carbons (Fsp3) is 0.353. The van der Waals surface area contributed by atoms with Gasteiger partial charge in [0.05, 0.1) is 34.6 Å². The number of hydrogen-bond donors (Lipinski definition) is 2. The largest absolute Gasteiger partial charge is 0.379 e. The summed E-state index contributed by atoms with van der Waals surface area (Å²) in [5, 5.41) is 6.66. The maximum absolute atomic E-state index is 13.4. The van der Waals surface area contributed by atoms with E-state index >= 15 is 0 Å². The third-order valence-electron chi connectivity index (χ3n) is 4.35. The molecule has 3 heterocycles. The Morgan fingerprint density at radius 2 is 2.04 bits per heavy atom. The molecule has 27 heavy (non-hydrogen) atoms. The van der Waals surface area contributed by atoms with Gasteiger partial charge in [-0.15, -0.1) is 0 Å². The number of nitrogens with zero attached hydrogens (tertiary/aromatic N) is 4. The molecule has 0 amide bonds. The topological polar surface area (TPSA) is 76.9 Å². The Labute approximate surface area is 164 Å². The molecule has 1 aromatic carbocycles. The summed E-state index contributed by atoms with van der Waals surface area (Å²) in [6.45, 7) is 1.44. The number of anilines is 3. The van der Waals surface area contributed by atoms with Crippen LogP contribution >= 0.6 is 23.2 Å². The van der Waals surface area contributed by atoms with Crippen LogP contribution in [0.3, 0.4) is 0 Å². The third-order valence-corrected chi connectivity index (χ3v) is 4.95. The normalized spacial score (nSPS) is 17.3. The molecule has 2 N–H and O–H groups in total. The first kappa shape index (κ1) is 18.2. The average molecular weight is 411 g/mol. The molecule has 2 aromatic heterocycles.